The molecule has 0 aliphatic heterocycles. The molecule has 0 radical (unpaired) electrons. The number of ether oxygens (including phenoxy) is 1. The van der Waals surface area contributed by atoms with Gasteiger partial charge in [-0.25, -0.2) is 4.79 Å². The number of aromatic hydroxyl groups is 1. The zero-order chi connectivity index (χ0) is 11.4. The summed E-state index contributed by atoms with van der Waals surface area (Å²) in [6.45, 7) is 0. The highest BCUT2D eigenvalue weighted by Crippen LogP contribution is 2.21. The molecule has 1 unspecified atom stereocenters. The Hall–Kier alpha value is -1.55. The molecule has 0 aromatic heterocycles. The van der Waals surface area contributed by atoms with Crippen LogP contribution in [-0.4, -0.2) is 37.2 Å². The van der Waals surface area contributed by atoms with E-state index < -0.39 is 6.04 Å². The molecular formula is C11H15NO3. The molecule has 1 aromatic carbocycles. The molecule has 0 heterocycles. The van der Waals surface area contributed by atoms with Gasteiger partial charge in [0.05, 0.1) is 7.11 Å². The predicted molar refractivity (Wildman–Crippen MR) is 56.6 cm³/mol. The minimum absolute atomic E-state index is 0.182. The van der Waals surface area contributed by atoms with E-state index in [-0.39, 0.29) is 11.7 Å². The highest BCUT2D eigenvalue weighted by Gasteiger charge is 2.23. The molecule has 0 bridgehead atoms. The summed E-state index contributed by atoms with van der Waals surface area (Å²) in [5.41, 5.74) is 0.796. The molecule has 82 valence electrons. The fourth-order valence-electron chi connectivity index (χ4n) is 1.41. The van der Waals surface area contributed by atoms with Crippen molar-refractivity contribution >= 4 is 5.97 Å². The van der Waals surface area contributed by atoms with E-state index >= 15 is 0 Å². The van der Waals surface area contributed by atoms with Crippen LogP contribution in [0.3, 0.4) is 0 Å². The Labute approximate surface area is 89.1 Å². The second-order valence-corrected chi connectivity index (χ2v) is 3.48. The van der Waals surface area contributed by atoms with Crippen LogP contribution in [0.25, 0.3) is 0 Å². The fraction of sp³-hybridized carbons (Fsp3) is 0.364. The SMILES string of the molecule is COC(=O)C(c1ccc(O)cc1)N(C)C. The number of phenolic OH excluding ortho intramolecular Hbond substituents is 1. The lowest BCUT2D eigenvalue weighted by Crippen LogP contribution is -2.28. The van der Waals surface area contributed by atoms with Crippen LogP contribution in [0.2, 0.25) is 0 Å². The number of likely N-dealkylation sites (N-methyl/N-ethyl adjacent to an activating group) is 1. The monoisotopic (exact) mass is 209 g/mol. The largest absolute Gasteiger partial charge is 0.508 e. The third-order valence-electron chi connectivity index (χ3n) is 2.15. The van der Waals surface area contributed by atoms with Crippen LogP contribution < -0.4 is 0 Å². The molecule has 0 spiro atoms. The van der Waals surface area contributed by atoms with Gasteiger partial charge in [-0.15, -0.1) is 0 Å². The zero-order valence-corrected chi connectivity index (χ0v) is 9.10. The van der Waals surface area contributed by atoms with Gasteiger partial charge in [0.1, 0.15) is 11.8 Å². The van der Waals surface area contributed by atoms with E-state index in [0.717, 1.165) is 5.56 Å². The van der Waals surface area contributed by atoms with Crippen LogP contribution in [0.4, 0.5) is 0 Å². The molecule has 15 heavy (non-hydrogen) atoms. The molecular weight excluding hydrogens is 194 g/mol. The van der Waals surface area contributed by atoms with Crippen LogP contribution in [0, 0.1) is 0 Å². The summed E-state index contributed by atoms with van der Waals surface area (Å²) in [6, 6.07) is 6.08. The minimum Gasteiger partial charge on any atom is -0.508 e. The van der Waals surface area contributed by atoms with Gasteiger partial charge < -0.3 is 9.84 Å². The minimum atomic E-state index is -0.435. The van der Waals surface area contributed by atoms with Gasteiger partial charge in [-0.3, -0.25) is 4.90 Å². The maximum Gasteiger partial charge on any atom is 0.327 e. The predicted octanol–water partition coefficient (Wildman–Crippen LogP) is 1.17. The van der Waals surface area contributed by atoms with E-state index in [9.17, 15) is 4.79 Å². The smallest absolute Gasteiger partial charge is 0.327 e. The van der Waals surface area contributed by atoms with Crippen LogP contribution in [0.5, 0.6) is 5.75 Å². The highest BCUT2D eigenvalue weighted by atomic mass is 16.5. The lowest BCUT2D eigenvalue weighted by Gasteiger charge is -2.21. The number of methoxy groups -OCH3 is 1. The Bertz CT molecular complexity index is 332. The lowest BCUT2D eigenvalue weighted by atomic mass is 10.1. The van der Waals surface area contributed by atoms with Gasteiger partial charge in [-0.2, -0.15) is 0 Å². The van der Waals surface area contributed by atoms with Crippen LogP contribution in [0.15, 0.2) is 24.3 Å². The average Bonchev–Trinajstić information content (AvgIpc) is 2.20. The second-order valence-electron chi connectivity index (χ2n) is 3.48. The topological polar surface area (TPSA) is 49.8 Å². The molecule has 0 saturated carbocycles. The van der Waals surface area contributed by atoms with Crippen molar-refractivity contribution in [3.8, 4) is 5.75 Å². The van der Waals surface area contributed by atoms with E-state index in [1.165, 1.54) is 7.11 Å². The third-order valence-corrected chi connectivity index (χ3v) is 2.15. The Kier molecular flexibility index (Phi) is 3.68. The number of esters is 1. The van der Waals surface area contributed by atoms with Gasteiger partial charge in [-0.1, -0.05) is 12.1 Å². The van der Waals surface area contributed by atoms with Gasteiger partial charge in [-0.05, 0) is 31.8 Å². The van der Waals surface area contributed by atoms with Gasteiger partial charge >= 0.3 is 5.97 Å². The number of hydrogen-bond acceptors (Lipinski definition) is 4. The Morgan fingerprint density at radius 3 is 2.27 bits per heavy atom. The number of nitrogens with zero attached hydrogens (tertiary/aromatic N) is 1. The maximum absolute atomic E-state index is 11.5. The van der Waals surface area contributed by atoms with Crippen molar-refractivity contribution in [1.29, 1.82) is 0 Å². The van der Waals surface area contributed by atoms with Gasteiger partial charge in [0, 0.05) is 0 Å². The lowest BCUT2D eigenvalue weighted by molar-refractivity contribution is -0.146. The summed E-state index contributed by atoms with van der Waals surface area (Å²) in [7, 11) is 4.96. The molecule has 1 rings (SSSR count). The normalized spacial score (nSPS) is 12.5. The van der Waals surface area contributed by atoms with Crippen molar-refractivity contribution in [2.75, 3.05) is 21.2 Å². The number of carbonyl (C=O) groups excluding carboxylic acids is 1. The van der Waals surface area contributed by atoms with Crippen molar-refractivity contribution in [2.24, 2.45) is 0 Å². The molecule has 1 aromatic rings. The van der Waals surface area contributed by atoms with E-state index in [4.69, 9.17) is 9.84 Å². The zero-order valence-electron chi connectivity index (χ0n) is 9.10. The Morgan fingerprint density at radius 1 is 1.33 bits per heavy atom. The molecule has 0 saturated heterocycles. The van der Waals surface area contributed by atoms with Crippen molar-refractivity contribution in [3.05, 3.63) is 29.8 Å². The molecule has 0 aliphatic carbocycles. The quantitative estimate of drug-likeness (QED) is 0.759. The first kappa shape index (κ1) is 11.5. The number of rotatable bonds is 3. The van der Waals surface area contributed by atoms with E-state index in [1.54, 1.807) is 43.3 Å². The fourth-order valence-corrected chi connectivity index (χ4v) is 1.41. The second kappa shape index (κ2) is 4.79. The van der Waals surface area contributed by atoms with E-state index in [2.05, 4.69) is 0 Å². The number of phenols is 1. The molecule has 1 atom stereocenters. The Balaban J connectivity index is 2.99. The maximum atomic E-state index is 11.5. The van der Waals surface area contributed by atoms with Gasteiger partial charge in [0.25, 0.3) is 0 Å². The van der Waals surface area contributed by atoms with Crippen LogP contribution in [-0.2, 0) is 9.53 Å². The van der Waals surface area contributed by atoms with Gasteiger partial charge in [0.15, 0.2) is 0 Å². The summed E-state index contributed by atoms with van der Waals surface area (Å²) in [5.74, 6) is -0.133. The molecule has 1 N–H and O–H groups in total. The van der Waals surface area contributed by atoms with Crippen molar-refractivity contribution in [2.45, 2.75) is 6.04 Å². The average molecular weight is 209 g/mol. The summed E-state index contributed by atoms with van der Waals surface area (Å²) >= 11 is 0. The highest BCUT2D eigenvalue weighted by molar-refractivity contribution is 5.77. The Morgan fingerprint density at radius 2 is 1.87 bits per heavy atom. The van der Waals surface area contributed by atoms with Crippen LogP contribution >= 0.6 is 0 Å². The molecule has 0 amide bonds. The summed E-state index contributed by atoms with van der Waals surface area (Å²) in [6.07, 6.45) is 0. The van der Waals surface area contributed by atoms with E-state index in [0.29, 0.717) is 0 Å². The number of carbonyl (C=O) groups is 1. The van der Waals surface area contributed by atoms with Crippen molar-refractivity contribution < 1.29 is 14.6 Å². The van der Waals surface area contributed by atoms with Crippen LogP contribution in [0.1, 0.15) is 11.6 Å². The summed E-state index contributed by atoms with van der Waals surface area (Å²) in [5, 5.41) is 9.14. The number of hydrogen-bond donors (Lipinski definition) is 1. The standard InChI is InChI=1S/C11H15NO3/c1-12(2)10(11(14)15-3)8-4-6-9(13)7-5-8/h4-7,10,13H,1-3H3. The molecule has 0 aliphatic rings. The molecule has 0 fully saturated rings. The van der Waals surface area contributed by atoms with Crippen molar-refractivity contribution in [3.63, 3.8) is 0 Å². The first-order valence-corrected chi connectivity index (χ1v) is 4.59. The summed E-state index contributed by atoms with van der Waals surface area (Å²) < 4.78 is 4.72. The first-order chi connectivity index (χ1) is 7.06. The third kappa shape index (κ3) is 2.70. The molecule has 4 heteroatoms. The van der Waals surface area contributed by atoms with Gasteiger partial charge in [0.2, 0.25) is 0 Å². The number of benzene rings is 1. The first-order valence-electron chi connectivity index (χ1n) is 4.59. The van der Waals surface area contributed by atoms with Crippen molar-refractivity contribution in [1.82, 2.24) is 4.90 Å². The molecule has 4 nitrogen and oxygen atoms in total. The summed E-state index contributed by atoms with van der Waals surface area (Å²) in [4.78, 5) is 13.3. The van der Waals surface area contributed by atoms with E-state index in [1.807, 2.05) is 0 Å².